The predicted molar refractivity (Wildman–Crippen MR) is 80.7 cm³/mol. The molecule has 0 spiro atoms. The monoisotopic (exact) mass is 270 g/mol. The highest BCUT2D eigenvalue weighted by Crippen LogP contribution is 2.46. The Labute approximate surface area is 120 Å². The first kappa shape index (κ1) is 13.4. The van der Waals surface area contributed by atoms with Gasteiger partial charge in [0.05, 0.1) is 0 Å². The summed E-state index contributed by atoms with van der Waals surface area (Å²) in [6.07, 6.45) is 5.77. The fraction of sp³-hybridized carbons (Fsp3) is 0.500. The van der Waals surface area contributed by atoms with Gasteiger partial charge in [0, 0.05) is 11.8 Å². The highest BCUT2D eigenvalue weighted by atomic mass is 16.3. The molecule has 2 nitrogen and oxygen atoms in total. The first-order valence-corrected chi connectivity index (χ1v) is 7.46. The summed E-state index contributed by atoms with van der Waals surface area (Å²) in [4.78, 5) is 12.2. The molecule has 0 aliphatic heterocycles. The maximum absolute atomic E-state index is 12.2. The Bertz CT molecular complexity index is 608. The van der Waals surface area contributed by atoms with Crippen LogP contribution in [0.4, 0.5) is 0 Å². The zero-order valence-corrected chi connectivity index (χ0v) is 12.5. The number of allylic oxidation sites excluding steroid dienone is 1. The highest BCUT2D eigenvalue weighted by Gasteiger charge is 2.42. The molecule has 0 bridgehead atoms. The molecule has 1 atom stereocenters. The van der Waals surface area contributed by atoms with Gasteiger partial charge in [0.25, 0.3) is 0 Å². The van der Waals surface area contributed by atoms with Gasteiger partial charge in [-0.3, -0.25) is 4.79 Å². The van der Waals surface area contributed by atoms with Gasteiger partial charge in [-0.25, -0.2) is 0 Å². The molecule has 0 unspecified atom stereocenters. The van der Waals surface area contributed by atoms with Crippen LogP contribution >= 0.6 is 0 Å². The van der Waals surface area contributed by atoms with E-state index in [1.165, 1.54) is 11.1 Å². The summed E-state index contributed by atoms with van der Waals surface area (Å²) in [5.74, 6) is 1.11. The molecule has 0 amide bonds. The summed E-state index contributed by atoms with van der Waals surface area (Å²) < 4.78 is 0. The maximum atomic E-state index is 12.2. The zero-order chi connectivity index (χ0) is 14.5. The first-order valence-electron chi connectivity index (χ1n) is 7.46. The lowest BCUT2D eigenvalue weighted by Gasteiger charge is -2.38. The van der Waals surface area contributed by atoms with Crippen molar-refractivity contribution >= 4 is 11.9 Å². The second-order valence-corrected chi connectivity index (χ2v) is 6.79. The number of phenols is 1. The third-order valence-electron chi connectivity index (χ3n) is 5.18. The topological polar surface area (TPSA) is 37.3 Å². The van der Waals surface area contributed by atoms with Gasteiger partial charge in [0.1, 0.15) is 11.5 Å². The second kappa shape index (κ2) is 4.47. The lowest BCUT2D eigenvalue weighted by atomic mass is 9.64. The SMILES string of the molecule is Cc1cc2c(cc1O)C=C1CCC(=O)C(C)(C)[C@H]1CC2. The number of hydrogen-bond acceptors (Lipinski definition) is 2. The van der Waals surface area contributed by atoms with Gasteiger partial charge in [0.15, 0.2) is 0 Å². The van der Waals surface area contributed by atoms with Crippen LogP contribution < -0.4 is 0 Å². The van der Waals surface area contributed by atoms with Crippen molar-refractivity contribution in [3.8, 4) is 5.75 Å². The van der Waals surface area contributed by atoms with Crippen LogP contribution in [0, 0.1) is 18.3 Å². The molecular weight excluding hydrogens is 248 g/mol. The number of fused-ring (bicyclic) bond motifs is 2. The standard InChI is InChI=1S/C18H22O2/c1-11-8-12-4-6-15-13(9-14(12)10-16(11)19)5-7-17(20)18(15,2)3/h8-10,15,19H,4-7H2,1-3H3/t15-/m0/s1. The summed E-state index contributed by atoms with van der Waals surface area (Å²) >= 11 is 0. The van der Waals surface area contributed by atoms with Crippen molar-refractivity contribution in [1.29, 1.82) is 0 Å². The summed E-state index contributed by atoms with van der Waals surface area (Å²) in [5.41, 5.74) is 4.50. The third-order valence-corrected chi connectivity index (χ3v) is 5.18. The predicted octanol–water partition coefficient (Wildman–Crippen LogP) is 4.04. The minimum atomic E-state index is -0.247. The van der Waals surface area contributed by atoms with Crippen molar-refractivity contribution in [2.75, 3.05) is 0 Å². The Morgan fingerprint density at radius 1 is 1.20 bits per heavy atom. The number of carbonyl (C=O) groups excluding carboxylic acids is 1. The summed E-state index contributed by atoms with van der Waals surface area (Å²) in [5, 5.41) is 9.92. The number of rotatable bonds is 0. The van der Waals surface area contributed by atoms with Gasteiger partial charge in [-0.05, 0) is 54.9 Å². The van der Waals surface area contributed by atoms with E-state index in [4.69, 9.17) is 0 Å². The van der Waals surface area contributed by atoms with Crippen LogP contribution in [0.15, 0.2) is 17.7 Å². The molecule has 0 heterocycles. The van der Waals surface area contributed by atoms with Gasteiger partial charge < -0.3 is 5.11 Å². The molecule has 2 aliphatic carbocycles. The number of aromatic hydroxyl groups is 1. The second-order valence-electron chi connectivity index (χ2n) is 6.79. The van der Waals surface area contributed by atoms with E-state index in [0.29, 0.717) is 23.9 Å². The first-order chi connectivity index (χ1) is 9.39. The number of phenolic OH excluding ortho intramolecular Hbond substituents is 1. The Morgan fingerprint density at radius 3 is 2.70 bits per heavy atom. The van der Waals surface area contributed by atoms with E-state index in [-0.39, 0.29) is 5.41 Å². The molecule has 0 saturated heterocycles. The number of Topliss-reactive ketones (excluding diaryl/α,β-unsaturated/α-hetero) is 1. The van der Waals surface area contributed by atoms with Crippen molar-refractivity contribution in [1.82, 2.24) is 0 Å². The van der Waals surface area contributed by atoms with E-state index < -0.39 is 0 Å². The van der Waals surface area contributed by atoms with E-state index in [9.17, 15) is 9.90 Å². The Balaban J connectivity index is 2.07. The average molecular weight is 270 g/mol. The van der Waals surface area contributed by atoms with Crippen molar-refractivity contribution in [2.24, 2.45) is 11.3 Å². The number of hydrogen-bond donors (Lipinski definition) is 1. The van der Waals surface area contributed by atoms with Crippen LogP contribution in [0.2, 0.25) is 0 Å². The molecule has 1 N–H and O–H groups in total. The molecule has 1 fully saturated rings. The van der Waals surface area contributed by atoms with E-state index in [0.717, 1.165) is 30.4 Å². The lowest BCUT2D eigenvalue weighted by molar-refractivity contribution is -0.130. The molecular formula is C18H22O2. The van der Waals surface area contributed by atoms with Gasteiger partial charge in [0.2, 0.25) is 0 Å². The van der Waals surface area contributed by atoms with Crippen molar-refractivity contribution in [3.05, 3.63) is 34.4 Å². The number of aryl methyl sites for hydroxylation is 2. The Morgan fingerprint density at radius 2 is 1.95 bits per heavy atom. The minimum absolute atomic E-state index is 0.247. The van der Waals surface area contributed by atoms with Gasteiger partial charge in [-0.1, -0.05) is 31.6 Å². The molecule has 0 radical (unpaired) electrons. The summed E-state index contributed by atoms with van der Waals surface area (Å²) in [7, 11) is 0. The minimum Gasteiger partial charge on any atom is -0.508 e. The zero-order valence-electron chi connectivity index (χ0n) is 12.5. The van der Waals surface area contributed by atoms with Crippen LogP contribution in [0.1, 0.15) is 49.8 Å². The largest absolute Gasteiger partial charge is 0.508 e. The van der Waals surface area contributed by atoms with Crippen molar-refractivity contribution in [3.63, 3.8) is 0 Å². The smallest absolute Gasteiger partial charge is 0.139 e. The molecule has 3 rings (SSSR count). The summed E-state index contributed by atoms with van der Waals surface area (Å²) in [6, 6.07) is 3.97. The molecule has 2 heteroatoms. The molecule has 106 valence electrons. The third kappa shape index (κ3) is 1.98. The average Bonchev–Trinajstić information content (AvgIpc) is 2.55. The fourth-order valence-corrected chi connectivity index (χ4v) is 3.75. The molecule has 2 aliphatic rings. The van der Waals surface area contributed by atoms with Gasteiger partial charge in [-0.15, -0.1) is 0 Å². The normalized spacial score (nSPS) is 24.4. The van der Waals surface area contributed by atoms with E-state index in [1.54, 1.807) is 0 Å². The van der Waals surface area contributed by atoms with E-state index in [2.05, 4.69) is 26.0 Å². The Kier molecular flexibility index (Phi) is 3.00. The summed E-state index contributed by atoms with van der Waals surface area (Å²) in [6.45, 7) is 6.12. The highest BCUT2D eigenvalue weighted by molar-refractivity contribution is 5.87. The van der Waals surface area contributed by atoms with Crippen LogP contribution in [0.3, 0.4) is 0 Å². The molecule has 1 saturated carbocycles. The van der Waals surface area contributed by atoms with Crippen LogP contribution in [0.5, 0.6) is 5.75 Å². The molecule has 0 aromatic heterocycles. The number of ketones is 1. The Hall–Kier alpha value is -1.57. The van der Waals surface area contributed by atoms with Crippen LogP contribution in [-0.4, -0.2) is 10.9 Å². The number of carbonyl (C=O) groups is 1. The van der Waals surface area contributed by atoms with E-state index in [1.807, 2.05) is 13.0 Å². The van der Waals surface area contributed by atoms with Crippen molar-refractivity contribution in [2.45, 2.75) is 46.5 Å². The molecule has 20 heavy (non-hydrogen) atoms. The fourth-order valence-electron chi connectivity index (χ4n) is 3.75. The van der Waals surface area contributed by atoms with Gasteiger partial charge in [-0.2, -0.15) is 0 Å². The van der Waals surface area contributed by atoms with Crippen molar-refractivity contribution < 1.29 is 9.90 Å². The van der Waals surface area contributed by atoms with Gasteiger partial charge >= 0.3 is 0 Å². The quantitative estimate of drug-likeness (QED) is 0.772. The number of benzene rings is 1. The van der Waals surface area contributed by atoms with Crippen LogP contribution in [-0.2, 0) is 11.2 Å². The molecule has 1 aromatic rings. The van der Waals surface area contributed by atoms with Crippen LogP contribution in [0.25, 0.3) is 6.08 Å². The lowest BCUT2D eigenvalue weighted by Crippen LogP contribution is -2.38. The van der Waals surface area contributed by atoms with E-state index >= 15 is 0 Å². The maximum Gasteiger partial charge on any atom is 0.139 e. The molecule has 1 aromatic carbocycles.